The maximum absolute atomic E-state index is 12.2. The van der Waals surface area contributed by atoms with Gasteiger partial charge in [-0.25, -0.2) is 4.79 Å². The summed E-state index contributed by atoms with van der Waals surface area (Å²) in [7, 11) is 0. The fourth-order valence-electron chi connectivity index (χ4n) is 2.85. The maximum Gasteiger partial charge on any atom is 0.359 e. The van der Waals surface area contributed by atoms with Gasteiger partial charge in [0.1, 0.15) is 0 Å². The first-order chi connectivity index (χ1) is 12.7. The molecule has 0 unspecified atom stereocenters. The van der Waals surface area contributed by atoms with Crippen LogP contribution in [-0.4, -0.2) is 28.7 Å². The van der Waals surface area contributed by atoms with E-state index in [-0.39, 0.29) is 24.2 Å². The van der Waals surface area contributed by atoms with Gasteiger partial charge in [-0.3, -0.25) is 9.89 Å². The average molecular weight is 351 g/mol. The van der Waals surface area contributed by atoms with Crippen LogP contribution in [0.15, 0.2) is 54.6 Å². The minimum Gasteiger partial charge on any atom is -0.451 e. The zero-order valence-corrected chi connectivity index (χ0v) is 14.6. The van der Waals surface area contributed by atoms with Crippen LogP contribution >= 0.6 is 0 Å². The van der Waals surface area contributed by atoms with E-state index in [1.165, 1.54) is 0 Å². The first kappa shape index (κ1) is 17.7. The summed E-state index contributed by atoms with van der Waals surface area (Å²) >= 11 is 0. The summed E-state index contributed by atoms with van der Waals surface area (Å²) in [6, 6.07) is 16.9. The van der Waals surface area contributed by atoms with Crippen molar-refractivity contribution in [3.8, 4) is 0 Å². The molecule has 0 spiro atoms. The SMILES string of the molecule is CCC[C@H](NC(=O)COC(=O)c1n[nH]c2ccccc12)c1ccccc1. The van der Waals surface area contributed by atoms with Crippen LogP contribution < -0.4 is 5.32 Å². The van der Waals surface area contributed by atoms with Gasteiger partial charge in [0.25, 0.3) is 5.91 Å². The van der Waals surface area contributed by atoms with E-state index in [2.05, 4.69) is 22.4 Å². The quantitative estimate of drug-likeness (QED) is 0.639. The molecule has 6 nitrogen and oxygen atoms in total. The highest BCUT2D eigenvalue weighted by Gasteiger charge is 2.18. The summed E-state index contributed by atoms with van der Waals surface area (Å²) in [6.45, 7) is 1.72. The number of nitrogens with zero attached hydrogens (tertiary/aromatic N) is 1. The zero-order chi connectivity index (χ0) is 18.4. The lowest BCUT2D eigenvalue weighted by Gasteiger charge is -2.18. The van der Waals surface area contributed by atoms with Gasteiger partial charge < -0.3 is 10.1 Å². The summed E-state index contributed by atoms with van der Waals surface area (Å²) in [4.78, 5) is 24.4. The second-order valence-electron chi connectivity index (χ2n) is 6.01. The lowest BCUT2D eigenvalue weighted by molar-refractivity contribution is -0.125. The number of fused-ring (bicyclic) bond motifs is 1. The van der Waals surface area contributed by atoms with E-state index in [1.54, 1.807) is 6.07 Å². The van der Waals surface area contributed by atoms with E-state index in [9.17, 15) is 9.59 Å². The summed E-state index contributed by atoms with van der Waals surface area (Å²) in [5.74, 6) is -0.954. The summed E-state index contributed by atoms with van der Waals surface area (Å²) in [5, 5.41) is 10.4. The molecule has 3 aromatic rings. The van der Waals surface area contributed by atoms with Gasteiger partial charge in [-0.2, -0.15) is 5.10 Å². The number of nitrogens with one attached hydrogen (secondary N) is 2. The molecule has 2 N–H and O–H groups in total. The molecule has 0 aliphatic carbocycles. The molecular weight excluding hydrogens is 330 g/mol. The van der Waals surface area contributed by atoms with Gasteiger partial charge in [0.05, 0.1) is 11.6 Å². The van der Waals surface area contributed by atoms with Crippen LogP contribution in [0.25, 0.3) is 10.9 Å². The molecule has 1 amide bonds. The number of rotatable bonds is 7. The summed E-state index contributed by atoms with van der Waals surface area (Å²) in [6.07, 6.45) is 1.74. The van der Waals surface area contributed by atoms with Crippen LogP contribution in [0.5, 0.6) is 0 Å². The number of H-pyrrole nitrogens is 1. The molecule has 0 radical (unpaired) electrons. The number of aromatic amines is 1. The van der Waals surface area contributed by atoms with Gasteiger partial charge >= 0.3 is 5.97 Å². The first-order valence-electron chi connectivity index (χ1n) is 8.63. The molecule has 2 aromatic carbocycles. The molecule has 134 valence electrons. The van der Waals surface area contributed by atoms with Crippen molar-refractivity contribution in [2.45, 2.75) is 25.8 Å². The predicted octanol–water partition coefficient (Wildman–Crippen LogP) is 3.38. The minimum atomic E-state index is -0.621. The first-order valence-corrected chi connectivity index (χ1v) is 8.63. The van der Waals surface area contributed by atoms with E-state index in [1.807, 2.05) is 48.5 Å². The Morgan fingerprint density at radius 2 is 1.85 bits per heavy atom. The molecule has 0 bridgehead atoms. The van der Waals surface area contributed by atoms with Crippen LogP contribution in [0.2, 0.25) is 0 Å². The van der Waals surface area contributed by atoms with Crippen LogP contribution in [0, 0.1) is 0 Å². The largest absolute Gasteiger partial charge is 0.451 e. The van der Waals surface area contributed by atoms with E-state index >= 15 is 0 Å². The number of hydrogen-bond acceptors (Lipinski definition) is 4. The Bertz CT molecular complexity index is 889. The van der Waals surface area contributed by atoms with Gasteiger partial charge in [0.2, 0.25) is 0 Å². The van der Waals surface area contributed by atoms with Gasteiger partial charge in [0.15, 0.2) is 12.3 Å². The third kappa shape index (κ3) is 4.08. The molecule has 3 rings (SSSR count). The highest BCUT2D eigenvalue weighted by atomic mass is 16.5. The van der Waals surface area contributed by atoms with Crippen LogP contribution in [0.1, 0.15) is 41.9 Å². The number of carbonyl (C=O) groups excluding carboxylic acids is 2. The fraction of sp³-hybridized carbons (Fsp3) is 0.250. The van der Waals surface area contributed by atoms with Crippen molar-refractivity contribution in [1.29, 1.82) is 0 Å². The van der Waals surface area contributed by atoms with Crippen molar-refractivity contribution in [2.75, 3.05) is 6.61 Å². The minimum absolute atomic E-state index is 0.0985. The molecule has 1 aromatic heterocycles. The predicted molar refractivity (Wildman–Crippen MR) is 98.6 cm³/mol. The number of esters is 1. The molecule has 1 heterocycles. The van der Waals surface area contributed by atoms with Crippen LogP contribution in [-0.2, 0) is 9.53 Å². The van der Waals surface area contributed by atoms with Crippen molar-refractivity contribution in [1.82, 2.24) is 15.5 Å². The number of para-hydroxylation sites is 1. The maximum atomic E-state index is 12.2. The Morgan fingerprint density at radius 1 is 1.12 bits per heavy atom. The van der Waals surface area contributed by atoms with Gasteiger partial charge in [0, 0.05) is 5.39 Å². The number of ether oxygens (including phenoxy) is 1. The average Bonchev–Trinajstić information content (AvgIpc) is 3.11. The smallest absolute Gasteiger partial charge is 0.359 e. The monoisotopic (exact) mass is 351 g/mol. The van der Waals surface area contributed by atoms with Crippen molar-refractivity contribution in [2.24, 2.45) is 0 Å². The number of amides is 1. The lowest BCUT2D eigenvalue weighted by atomic mass is 10.0. The lowest BCUT2D eigenvalue weighted by Crippen LogP contribution is -2.32. The van der Waals surface area contributed by atoms with E-state index in [0.29, 0.717) is 5.39 Å². The van der Waals surface area contributed by atoms with Crippen LogP contribution in [0.3, 0.4) is 0 Å². The molecule has 0 saturated heterocycles. The Morgan fingerprint density at radius 3 is 2.62 bits per heavy atom. The molecule has 1 atom stereocenters. The van der Waals surface area contributed by atoms with Crippen molar-refractivity contribution in [3.05, 3.63) is 65.9 Å². The summed E-state index contributed by atoms with van der Waals surface area (Å²) in [5.41, 5.74) is 1.96. The molecule has 0 fully saturated rings. The van der Waals surface area contributed by atoms with Crippen molar-refractivity contribution in [3.63, 3.8) is 0 Å². The normalized spacial score (nSPS) is 11.9. The molecule has 0 aliphatic heterocycles. The number of hydrogen-bond donors (Lipinski definition) is 2. The second kappa shape index (κ2) is 8.29. The Balaban J connectivity index is 1.60. The number of benzene rings is 2. The molecule has 26 heavy (non-hydrogen) atoms. The van der Waals surface area contributed by atoms with E-state index in [0.717, 1.165) is 23.9 Å². The van der Waals surface area contributed by atoms with Gasteiger partial charge in [-0.15, -0.1) is 0 Å². The fourth-order valence-corrected chi connectivity index (χ4v) is 2.85. The van der Waals surface area contributed by atoms with Crippen molar-refractivity contribution >= 4 is 22.8 Å². The standard InChI is InChI=1S/C20H21N3O3/c1-2-8-16(14-9-4-3-5-10-14)21-18(24)13-26-20(25)19-15-11-6-7-12-17(15)22-23-19/h3-7,9-12,16H,2,8,13H2,1H3,(H,21,24)(H,22,23)/t16-/m0/s1. The Kier molecular flexibility index (Phi) is 5.63. The van der Waals surface area contributed by atoms with E-state index in [4.69, 9.17) is 4.74 Å². The number of carbonyl (C=O) groups is 2. The topological polar surface area (TPSA) is 84.1 Å². The Hall–Kier alpha value is -3.15. The van der Waals surface area contributed by atoms with Crippen LogP contribution in [0.4, 0.5) is 0 Å². The number of aromatic nitrogens is 2. The van der Waals surface area contributed by atoms with E-state index < -0.39 is 5.97 Å². The molecule has 0 saturated carbocycles. The summed E-state index contributed by atoms with van der Waals surface area (Å²) < 4.78 is 5.14. The second-order valence-corrected chi connectivity index (χ2v) is 6.01. The van der Waals surface area contributed by atoms with Gasteiger partial charge in [-0.1, -0.05) is 61.9 Å². The van der Waals surface area contributed by atoms with Gasteiger partial charge in [-0.05, 0) is 18.1 Å². The highest BCUT2D eigenvalue weighted by Crippen LogP contribution is 2.18. The van der Waals surface area contributed by atoms with Crippen molar-refractivity contribution < 1.29 is 14.3 Å². The zero-order valence-electron chi connectivity index (χ0n) is 14.6. The molecule has 6 heteroatoms. The Labute approximate surface area is 151 Å². The highest BCUT2D eigenvalue weighted by molar-refractivity contribution is 6.02. The third-order valence-electron chi connectivity index (χ3n) is 4.11. The molecule has 0 aliphatic rings. The third-order valence-corrected chi connectivity index (χ3v) is 4.11. The molecular formula is C20H21N3O3.